The molecule has 2 aromatic carbocycles. The number of hydrogen-bond acceptors (Lipinski definition) is 3. The quantitative estimate of drug-likeness (QED) is 0.606. The van der Waals surface area contributed by atoms with E-state index in [2.05, 4.69) is 0 Å². The minimum absolute atomic E-state index is 0.000899. The van der Waals surface area contributed by atoms with Gasteiger partial charge in [0.05, 0.1) is 34.3 Å². The first kappa shape index (κ1) is 20.1. The predicted octanol–water partition coefficient (Wildman–Crippen LogP) is 4.49. The molecule has 0 aliphatic carbocycles. The average molecular weight is 436 g/mol. The first-order valence-electron chi connectivity index (χ1n) is 9.41. The summed E-state index contributed by atoms with van der Waals surface area (Å²) in [6, 6.07) is 9.22. The van der Waals surface area contributed by atoms with E-state index in [-0.39, 0.29) is 11.7 Å². The minimum atomic E-state index is -0.481. The van der Waals surface area contributed by atoms with Gasteiger partial charge in [0.15, 0.2) is 0 Å². The van der Waals surface area contributed by atoms with Gasteiger partial charge in [-0.05, 0) is 36.8 Å². The Morgan fingerprint density at radius 3 is 2.52 bits per heavy atom. The number of carbonyl (C=O) groups is 1. The summed E-state index contributed by atoms with van der Waals surface area (Å²) >= 11 is 12.4. The van der Waals surface area contributed by atoms with Gasteiger partial charge in [0, 0.05) is 19.5 Å². The van der Waals surface area contributed by atoms with Crippen LogP contribution in [-0.4, -0.2) is 46.7 Å². The van der Waals surface area contributed by atoms with Gasteiger partial charge in [0.25, 0.3) is 0 Å². The molecule has 3 aromatic rings. The van der Waals surface area contributed by atoms with Gasteiger partial charge < -0.3 is 14.2 Å². The Balaban J connectivity index is 1.77. The van der Waals surface area contributed by atoms with Crippen molar-refractivity contribution in [1.29, 1.82) is 0 Å². The number of fused-ring (bicyclic) bond motifs is 1. The normalized spacial score (nSPS) is 15.7. The van der Waals surface area contributed by atoms with Crippen molar-refractivity contribution in [2.24, 2.45) is 0 Å². The number of benzene rings is 2. The number of rotatable bonds is 4. The van der Waals surface area contributed by atoms with Gasteiger partial charge in [-0.25, -0.2) is 9.37 Å². The van der Waals surface area contributed by atoms with Crippen LogP contribution in [0.2, 0.25) is 10.0 Å². The molecule has 1 atom stereocenters. The Labute approximate surface area is 178 Å². The standard InChI is InChI=1S/C21H20Cl2FN3O2/c1-13(21(28)26-6-8-29-9-7-26)27-19-12-17(23)16(22)11-18(19)25-20(27)10-14-2-4-15(24)5-3-14/h2-5,11-13H,6-10H2,1H3/t13-/m0/s1. The number of carbonyl (C=O) groups excluding carboxylic acids is 1. The largest absolute Gasteiger partial charge is 0.378 e. The van der Waals surface area contributed by atoms with E-state index in [1.807, 2.05) is 11.5 Å². The molecule has 4 rings (SSSR count). The molecule has 0 bridgehead atoms. The van der Waals surface area contributed by atoms with Crippen LogP contribution in [0.3, 0.4) is 0 Å². The molecule has 152 valence electrons. The number of hydrogen-bond donors (Lipinski definition) is 0. The van der Waals surface area contributed by atoms with Crippen LogP contribution < -0.4 is 0 Å². The van der Waals surface area contributed by atoms with Crippen LogP contribution in [0.5, 0.6) is 0 Å². The van der Waals surface area contributed by atoms with Crippen molar-refractivity contribution in [3.63, 3.8) is 0 Å². The molecule has 0 unspecified atom stereocenters. The summed E-state index contributed by atoms with van der Waals surface area (Å²) in [5.41, 5.74) is 2.30. The van der Waals surface area contributed by atoms with Gasteiger partial charge >= 0.3 is 0 Å². The fraction of sp³-hybridized carbons (Fsp3) is 0.333. The third-order valence-corrected chi connectivity index (χ3v) is 5.87. The number of morpholine rings is 1. The van der Waals surface area contributed by atoms with Crippen molar-refractivity contribution in [3.05, 3.63) is 63.6 Å². The Hall–Kier alpha value is -2.15. The Morgan fingerprint density at radius 1 is 1.17 bits per heavy atom. The summed E-state index contributed by atoms with van der Waals surface area (Å²) in [7, 11) is 0. The van der Waals surface area contributed by atoms with Crippen molar-refractivity contribution in [2.75, 3.05) is 26.3 Å². The lowest BCUT2D eigenvalue weighted by molar-refractivity contribution is -0.138. The van der Waals surface area contributed by atoms with Crippen molar-refractivity contribution >= 4 is 40.1 Å². The van der Waals surface area contributed by atoms with Gasteiger partial charge in [-0.3, -0.25) is 4.79 Å². The third-order valence-electron chi connectivity index (χ3n) is 5.15. The highest BCUT2D eigenvalue weighted by Gasteiger charge is 2.27. The SMILES string of the molecule is C[C@@H](C(=O)N1CCOCC1)n1c(Cc2ccc(F)cc2)nc2cc(Cl)c(Cl)cc21. The maximum atomic E-state index is 13.3. The van der Waals surface area contributed by atoms with E-state index >= 15 is 0 Å². The number of amides is 1. The summed E-state index contributed by atoms with van der Waals surface area (Å²) < 4.78 is 20.5. The maximum absolute atomic E-state index is 13.3. The summed E-state index contributed by atoms with van der Waals surface area (Å²) in [4.78, 5) is 19.7. The molecule has 1 fully saturated rings. The number of ether oxygens (including phenoxy) is 1. The van der Waals surface area contributed by atoms with E-state index in [0.717, 1.165) is 11.1 Å². The van der Waals surface area contributed by atoms with E-state index in [1.165, 1.54) is 12.1 Å². The van der Waals surface area contributed by atoms with Gasteiger partial charge in [-0.15, -0.1) is 0 Å². The van der Waals surface area contributed by atoms with Crippen molar-refractivity contribution in [1.82, 2.24) is 14.5 Å². The third kappa shape index (κ3) is 4.10. The van der Waals surface area contributed by atoms with Gasteiger partial charge in [-0.1, -0.05) is 35.3 Å². The first-order valence-corrected chi connectivity index (χ1v) is 10.2. The highest BCUT2D eigenvalue weighted by Crippen LogP contribution is 2.31. The first-order chi connectivity index (χ1) is 13.9. The van der Waals surface area contributed by atoms with Crippen LogP contribution in [-0.2, 0) is 16.0 Å². The molecule has 1 aromatic heterocycles. The highest BCUT2D eigenvalue weighted by molar-refractivity contribution is 6.42. The molecule has 1 aliphatic rings. The molecular weight excluding hydrogens is 416 g/mol. The smallest absolute Gasteiger partial charge is 0.245 e. The van der Waals surface area contributed by atoms with E-state index in [4.69, 9.17) is 32.9 Å². The van der Waals surface area contributed by atoms with Crippen LogP contribution in [0.4, 0.5) is 4.39 Å². The highest BCUT2D eigenvalue weighted by atomic mass is 35.5. The second-order valence-corrected chi connectivity index (χ2v) is 7.88. The Kier molecular flexibility index (Phi) is 5.76. The molecule has 0 spiro atoms. The maximum Gasteiger partial charge on any atom is 0.245 e. The molecule has 0 saturated carbocycles. The van der Waals surface area contributed by atoms with Crippen molar-refractivity contribution in [2.45, 2.75) is 19.4 Å². The fourth-order valence-corrected chi connectivity index (χ4v) is 3.96. The van der Waals surface area contributed by atoms with Crippen molar-refractivity contribution in [3.8, 4) is 0 Å². The Morgan fingerprint density at radius 2 is 1.83 bits per heavy atom. The van der Waals surface area contributed by atoms with Crippen LogP contribution in [0.15, 0.2) is 36.4 Å². The molecule has 1 amide bonds. The lowest BCUT2D eigenvalue weighted by Gasteiger charge is -2.30. The van der Waals surface area contributed by atoms with Gasteiger partial charge in [0.1, 0.15) is 17.7 Å². The molecule has 1 saturated heterocycles. The molecule has 0 radical (unpaired) electrons. The van der Waals surface area contributed by atoms with E-state index in [1.54, 1.807) is 29.2 Å². The zero-order valence-corrected chi connectivity index (χ0v) is 17.4. The lowest BCUT2D eigenvalue weighted by atomic mass is 10.1. The summed E-state index contributed by atoms with van der Waals surface area (Å²) in [5, 5.41) is 0.809. The molecule has 2 heterocycles. The van der Waals surface area contributed by atoms with E-state index in [9.17, 15) is 9.18 Å². The van der Waals surface area contributed by atoms with Crippen LogP contribution >= 0.6 is 23.2 Å². The van der Waals surface area contributed by atoms with Crippen LogP contribution in [0, 0.1) is 5.82 Å². The molecule has 5 nitrogen and oxygen atoms in total. The second-order valence-electron chi connectivity index (χ2n) is 7.07. The van der Waals surface area contributed by atoms with E-state index < -0.39 is 6.04 Å². The molecule has 1 aliphatic heterocycles. The minimum Gasteiger partial charge on any atom is -0.378 e. The number of nitrogens with zero attached hydrogens (tertiary/aromatic N) is 3. The topological polar surface area (TPSA) is 47.4 Å². The summed E-state index contributed by atoms with van der Waals surface area (Å²) in [6.45, 7) is 4.06. The van der Waals surface area contributed by atoms with Gasteiger partial charge in [0.2, 0.25) is 5.91 Å². The predicted molar refractivity (Wildman–Crippen MR) is 111 cm³/mol. The average Bonchev–Trinajstić information content (AvgIpc) is 3.06. The molecule has 8 heteroatoms. The zero-order valence-electron chi connectivity index (χ0n) is 15.9. The van der Waals surface area contributed by atoms with Crippen LogP contribution in [0.1, 0.15) is 24.4 Å². The monoisotopic (exact) mass is 435 g/mol. The molecule has 0 N–H and O–H groups in total. The molecule has 29 heavy (non-hydrogen) atoms. The summed E-state index contributed by atoms with van der Waals surface area (Å²) in [6.07, 6.45) is 0.449. The van der Waals surface area contributed by atoms with Crippen molar-refractivity contribution < 1.29 is 13.9 Å². The number of aromatic nitrogens is 2. The Bertz CT molecular complexity index is 1050. The summed E-state index contributed by atoms with van der Waals surface area (Å²) in [5.74, 6) is 0.398. The fourth-order valence-electron chi connectivity index (χ4n) is 3.64. The number of halogens is 3. The number of imidazole rings is 1. The zero-order chi connectivity index (χ0) is 20.5. The molecular formula is C21H20Cl2FN3O2. The van der Waals surface area contributed by atoms with Crippen LogP contribution in [0.25, 0.3) is 11.0 Å². The second kappa shape index (κ2) is 8.30. The van der Waals surface area contributed by atoms with Gasteiger partial charge in [-0.2, -0.15) is 0 Å². The van der Waals surface area contributed by atoms with E-state index in [0.29, 0.717) is 54.1 Å². The lowest BCUT2D eigenvalue weighted by Crippen LogP contribution is -2.43.